The van der Waals surface area contributed by atoms with Crippen molar-refractivity contribution in [1.29, 1.82) is 0 Å². The highest BCUT2D eigenvalue weighted by atomic mass is 16.2. The molecule has 0 aliphatic carbocycles. The zero-order valence-electron chi connectivity index (χ0n) is 15.2. The highest BCUT2D eigenvalue weighted by Gasteiger charge is 2.35. The Morgan fingerprint density at radius 1 is 1.33 bits per heavy atom. The minimum absolute atomic E-state index is 0.0736. The third-order valence-electron chi connectivity index (χ3n) is 5.05. The Morgan fingerprint density at radius 3 is 2.67 bits per heavy atom. The zero-order chi connectivity index (χ0) is 17.4. The number of carbonyl (C=O) groups excluding carboxylic acids is 1. The van der Waals surface area contributed by atoms with Crippen molar-refractivity contribution in [1.82, 2.24) is 24.6 Å². The van der Waals surface area contributed by atoms with E-state index in [9.17, 15) is 4.79 Å². The van der Waals surface area contributed by atoms with Gasteiger partial charge in [-0.25, -0.2) is 9.67 Å². The lowest BCUT2D eigenvalue weighted by molar-refractivity contribution is 0.0781. The number of nitrogens with zero attached hydrogens (tertiary/aromatic N) is 5. The number of pyridine rings is 1. The molecule has 1 aliphatic heterocycles. The minimum Gasteiger partial charge on any atom is -0.337 e. The van der Waals surface area contributed by atoms with E-state index in [2.05, 4.69) is 49.8 Å². The van der Waals surface area contributed by atoms with Gasteiger partial charge in [-0.1, -0.05) is 13.3 Å². The van der Waals surface area contributed by atoms with E-state index in [0.717, 1.165) is 30.5 Å². The second-order valence-electron chi connectivity index (χ2n) is 7.23. The Kier molecular flexibility index (Phi) is 4.58. The predicted molar refractivity (Wildman–Crippen MR) is 95.1 cm³/mol. The molecule has 0 bridgehead atoms. The first-order valence-corrected chi connectivity index (χ1v) is 8.71. The van der Waals surface area contributed by atoms with Crippen LogP contribution in [0.1, 0.15) is 43.6 Å². The van der Waals surface area contributed by atoms with E-state index < -0.39 is 0 Å². The molecule has 1 fully saturated rings. The largest absolute Gasteiger partial charge is 0.337 e. The summed E-state index contributed by atoms with van der Waals surface area (Å²) < 4.78 is 1.88. The Bertz CT molecular complexity index is 736. The summed E-state index contributed by atoms with van der Waals surface area (Å²) in [4.78, 5) is 21.6. The van der Waals surface area contributed by atoms with Gasteiger partial charge < -0.3 is 9.80 Å². The standard InChI is InChI=1S/C18H27N5O/c1-6-13-10-22(11-16(13)21(4)5)18(24)15-7-14-9-20-23(12(2)3)17(14)19-8-15/h7-9,12-13,16H,6,10-11H2,1-5H3/t13-,16+/m0/s1. The Balaban J connectivity index is 1.84. The van der Waals surface area contributed by atoms with Crippen LogP contribution in [-0.2, 0) is 0 Å². The third kappa shape index (κ3) is 2.90. The molecule has 0 spiro atoms. The predicted octanol–water partition coefficient (Wildman–Crippen LogP) is 2.42. The third-order valence-corrected chi connectivity index (χ3v) is 5.05. The van der Waals surface area contributed by atoms with Crippen LogP contribution in [-0.4, -0.2) is 63.7 Å². The first kappa shape index (κ1) is 16.9. The molecule has 0 N–H and O–H groups in total. The van der Waals surface area contributed by atoms with Crippen molar-refractivity contribution in [2.24, 2.45) is 5.92 Å². The lowest BCUT2D eigenvalue weighted by Gasteiger charge is -2.23. The SMILES string of the molecule is CC[C@H]1CN(C(=O)c2cnc3c(cnn3C(C)C)c2)C[C@H]1N(C)C. The number of hydrogen-bond acceptors (Lipinski definition) is 4. The lowest BCUT2D eigenvalue weighted by atomic mass is 10.0. The summed E-state index contributed by atoms with van der Waals surface area (Å²) in [6.45, 7) is 7.95. The van der Waals surface area contributed by atoms with Gasteiger partial charge in [-0.05, 0) is 39.9 Å². The molecular formula is C18H27N5O. The molecule has 24 heavy (non-hydrogen) atoms. The van der Waals surface area contributed by atoms with Gasteiger partial charge in [0.15, 0.2) is 5.65 Å². The monoisotopic (exact) mass is 329 g/mol. The van der Waals surface area contributed by atoms with Crippen LogP contribution in [0.5, 0.6) is 0 Å². The molecule has 0 saturated carbocycles. The maximum absolute atomic E-state index is 12.9. The highest BCUT2D eigenvalue weighted by Crippen LogP contribution is 2.25. The van der Waals surface area contributed by atoms with Crippen LogP contribution >= 0.6 is 0 Å². The van der Waals surface area contributed by atoms with Crippen molar-refractivity contribution in [2.45, 2.75) is 39.3 Å². The molecule has 0 radical (unpaired) electrons. The molecular weight excluding hydrogens is 302 g/mol. The zero-order valence-corrected chi connectivity index (χ0v) is 15.2. The summed E-state index contributed by atoms with van der Waals surface area (Å²) in [5, 5.41) is 5.30. The number of aromatic nitrogens is 3. The molecule has 1 saturated heterocycles. The average molecular weight is 329 g/mol. The number of hydrogen-bond donors (Lipinski definition) is 0. The van der Waals surface area contributed by atoms with Crippen molar-refractivity contribution in [3.63, 3.8) is 0 Å². The van der Waals surface area contributed by atoms with Crippen molar-refractivity contribution in [2.75, 3.05) is 27.2 Å². The van der Waals surface area contributed by atoms with Crippen LogP contribution in [0.2, 0.25) is 0 Å². The van der Waals surface area contributed by atoms with Gasteiger partial charge in [0, 0.05) is 36.8 Å². The molecule has 6 nitrogen and oxygen atoms in total. The Labute approximate surface area is 143 Å². The van der Waals surface area contributed by atoms with Crippen molar-refractivity contribution in [3.8, 4) is 0 Å². The van der Waals surface area contributed by atoms with Crippen molar-refractivity contribution < 1.29 is 4.79 Å². The summed E-state index contributed by atoms with van der Waals surface area (Å²) in [5.41, 5.74) is 1.49. The maximum Gasteiger partial charge on any atom is 0.255 e. The summed E-state index contributed by atoms with van der Waals surface area (Å²) in [7, 11) is 4.18. The second-order valence-corrected chi connectivity index (χ2v) is 7.23. The fourth-order valence-electron chi connectivity index (χ4n) is 3.62. The van der Waals surface area contributed by atoms with E-state index in [-0.39, 0.29) is 11.9 Å². The van der Waals surface area contributed by atoms with E-state index in [4.69, 9.17) is 0 Å². The van der Waals surface area contributed by atoms with Gasteiger partial charge in [0.05, 0.1) is 11.8 Å². The van der Waals surface area contributed by atoms with Crippen LogP contribution in [0, 0.1) is 5.92 Å². The number of carbonyl (C=O) groups is 1. The van der Waals surface area contributed by atoms with Crippen molar-refractivity contribution in [3.05, 3.63) is 24.0 Å². The van der Waals surface area contributed by atoms with Gasteiger partial charge in [0.1, 0.15) is 0 Å². The van der Waals surface area contributed by atoms with Crippen LogP contribution in [0.3, 0.4) is 0 Å². The summed E-state index contributed by atoms with van der Waals surface area (Å²) >= 11 is 0. The van der Waals surface area contributed by atoms with E-state index in [1.807, 2.05) is 15.6 Å². The number of amides is 1. The molecule has 1 aliphatic rings. The topological polar surface area (TPSA) is 54.3 Å². The van der Waals surface area contributed by atoms with E-state index in [1.165, 1.54) is 0 Å². The smallest absolute Gasteiger partial charge is 0.255 e. The maximum atomic E-state index is 12.9. The normalized spacial score (nSPS) is 21.4. The average Bonchev–Trinajstić information content (AvgIpc) is 3.17. The van der Waals surface area contributed by atoms with Gasteiger partial charge in [-0.2, -0.15) is 5.10 Å². The molecule has 130 valence electrons. The first-order valence-electron chi connectivity index (χ1n) is 8.71. The van der Waals surface area contributed by atoms with Crippen LogP contribution in [0.25, 0.3) is 11.0 Å². The van der Waals surface area contributed by atoms with Crippen LogP contribution < -0.4 is 0 Å². The van der Waals surface area contributed by atoms with Gasteiger partial charge >= 0.3 is 0 Å². The summed E-state index contributed by atoms with van der Waals surface area (Å²) in [6.07, 6.45) is 4.57. The second kappa shape index (κ2) is 6.51. The Morgan fingerprint density at radius 2 is 2.08 bits per heavy atom. The van der Waals surface area contributed by atoms with Gasteiger partial charge in [0.25, 0.3) is 5.91 Å². The Hall–Kier alpha value is -1.95. The molecule has 3 heterocycles. The molecule has 1 amide bonds. The molecule has 0 unspecified atom stereocenters. The highest BCUT2D eigenvalue weighted by molar-refractivity contribution is 5.97. The van der Waals surface area contributed by atoms with E-state index in [0.29, 0.717) is 17.5 Å². The number of likely N-dealkylation sites (N-methyl/N-ethyl adjacent to an activating group) is 1. The summed E-state index contributed by atoms with van der Waals surface area (Å²) in [6, 6.07) is 2.60. The fraction of sp³-hybridized carbons (Fsp3) is 0.611. The molecule has 2 atom stereocenters. The van der Waals surface area contributed by atoms with Crippen LogP contribution in [0.4, 0.5) is 0 Å². The van der Waals surface area contributed by atoms with Gasteiger partial charge in [0.2, 0.25) is 0 Å². The molecule has 6 heteroatoms. The molecule has 0 aromatic carbocycles. The number of likely N-dealkylation sites (tertiary alicyclic amines) is 1. The van der Waals surface area contributed by atoms with E-state index >= 15 is 0 Å². The van der Waals surface area contributed by atoms with Crippen molar-refractivity contribution >= 4 is 16.9 Å². The van der Waals surface area contributed by atoms with Gasteiger partial charge in [-0.15, -0.1) is 0 Å². The van der Waals surface area contributed by atoms with E-state index in [1.54, 1.807) is 12.4 Å². The number of rotatable bonds is 4. The van der Waals surface area contributed by atoms with Gasteiger partial charge in [-0.3, -0.25) is 4.79 Å². The first-order chi connectivity index (χ1) is 11.4. The lowest BCUT2D eigenvalue weighted by Crippen LogP contribution is -2.36. The fourth-order valence-corrected chi connectivity index (χ4v) is 3.62. The summed E-state index contributed by atoms with van der Waals surface area (Å²) in [5.74, 6) is 0.605. The molecule has 2 aromatic rings. The quantitative estimate of drug-likeness (QED) is 0.864. The molecule has 3 rings (SSSR count). The number of fused-ring (bicyclic) bond motifs is 1. The minimum atomic E-state index is 0.0736. The van der Waals surface area contributed by atoms with Crippen LogP contribution in [0.15, 0.2) is 18.5 Å². The molecule has 2 aromatic heterocycles.